The fourth-order valence-corrected chi connectivity index (χ4v) is 19.2. The van der Waals surface area contributed by atoms with E-state index in [0.717, 1.165) is 28.7 Å². The number of nitrogens with zero attached hydrogens (tertiary/aromatic N) is 6. The van der Waals surface area contributed by atoms with Gasteiger partial charge in [0, 0.05) is 59.7 Å². The Balaban J connectivity index is 0.000000146. The Morgan fingerprint density at radius 1 is 0.500 bits per heavy atom. The minimum absolute atomic E-state index is 0.529. The van der Waals surface area contributed by atoms with Crippen LogP contribution < -0.4 is 0 Å². The third-order valence-corrected chi connectivity index (χ3v) is 22.8. The van der Waals surface area contributed by atoms with Gasteiger partial charge in [0.2, 0.25) is 0 Å². The molecule has 0 bridgehead atoms. The summed E-state index contributed by atoms with van der Waals surface area (Å²) in [5.41, 5.74) is 10.9. The number of hydrogen-bond acceptors (Lipinski definition) is 3. The van der Waals surface area contributed by atoms with Gasteiger partial charge in [-0.2, -0.15) is 0 Å². The summed E-state index contributed by atoms with van der Waals surface area (Å²) in [6.45, 7) is 28.7. The summed E-state index contributed by atoms with van der Waals surface area (Å²) in [6.07, 6.45) is 17.3. The van der Waals surface area contributed by atoms with Crippen LogP contribution in [-0.2, 0) is 12.8 Å². The Kier molecular flexibility index (Phi) is 15.8. The second-order valence-corrected chi connectivity index (χ2v) is 27.6. The van der Waals surface area contributed by atoms with Gasteiger partial charge < -0.3 is 28.1 Å². The van der Waals surface area contributed by atoms with Crippen LogP contribution in [0.25, 0.3) is 32.7 Å². The molecule has 9 rings (SSSR count). The number of likely N-dealkylation sites (tertiary alicyclic amines) is 3. The van der Waals surface area contributed by atoms with Crippen molar-refractivity contribution in [3.8, 4) is 0 Å². The van der Waals surface area contributed by atoms with E-state index in [2.05, 4.69) is 210 Å². The van der Waals surface area contributed by atoms with Crippen LogP contribution in [0, 0.1) is 0 Å². The first kappa shape index (κ1) is 48.3. The highest BCUT2D eigenvalue weighted by atomic mass is 28.3. The van der Waals surface area contributed by atoms with E-state index in [1.165, 1.54) is 127 Å². The minimum Gasteiger partial charge on any atom is -0.373 e. The fraction of sp³-hybridized carbons (Fsp3) is 0.579. The maximum absolute atomic E-state index is 2.75. The van der Waals surface area contributed by atoms with Gasteiger partial charge in [0.1, 0.15) is 0 Å². The van der Waals surface area contributed by atoms with E-state index in [1.54, 1.807) is 0 Å². The summed E-state index contributed by atoms with van der Waals surface area (Å²) in [5, 5.41) is 4.13. The molecule has 6 aromatic rings. The van der Waals surface area contributed by atoms with E-state index in [9.17, 15) is 0 Å². The molecule has 0 radical (unpaired) electrons. The van der Waals surface area contributed by atoms with Crippen LogP contribution in [0.3, 0.4) is 0 Å². The van der Waals surface area contributed by atoms with Gasteiger partial charge in [0.15, 0.2) is 8.24 Å². The van der Waals surface area contributed by atoms with Gasteiger partial charge in [-0.15, -0.1) is 0 Å². The van der Waals surface area contributed by atoms with Gasteiger partial charge in [-0.1, -0.05) is 77.9 Å². The Bertz CT molecular complexity index is 2390. The molecule has 64 heavy (non-hydrogen) atoms. The number of piperidine rings is 1. The van der Waals surface area contributed by atoms with Crippen molar-refractivity contribution >= 4 is 40.9 Å². The number of likely N-dealkylation sites (N-methyl/N-ethyl adjacent to an activating group) is 3. The highest BCUT2D eigenvalue weighted by molar-refractivity contribution is 6.82. The van der Waals surface area contributed by atoms with Crippen molar-refractivity contribution in [2.24, 2.45) is 0 Å². The van der Waals surface area contributed by atoms with Gasteiger partial charge in [-0.25, -0.2) is 0 Å². The summed E-state index contributed by atoms with van der Waals surface area (Å²) in [5.74, 6) is 0.707. The molecule has 3 aliphatic heterocycles. The molecule has 0 amide bonds. The van der Waals surface area contributed by atoms with Crippen molar-refractivity contribution in [3.05, 3.63) is 108 Å². The minimum atomic E-state index is -1.69. The molecular formula is C57H86N6Si. The third-order valence-electron chi connectivity index (χ3n) is 16.0. The topological polar surface area (TPSA) is 24.5 Å². The van der Waals surface area contributed by atoms with Crippen molar-refractivity contribution in [2.45, 2.75) is 167 Å². The molecule has 0 N–H and O–H groups in total. The molecule has 3 aliphatic rings. The summed E-state index contributed by atoms with van der Waals surface area (Å²) >= 11 is 0. The van der Waals surface area contributed by atoms with E-state index < -0.39 is 8.24 Å². The van der Waals surface area contributed by atoms with E-state index in [1.807, 2.05) is 0 Å². The lowest BCUT2D eigenvalue weighted by Gasteiger charge is -2.44. The first-order chi connectivity index (χ1) is 30.6. The van der Waals surface area contributed by atoms with E-state index in [-0.39, 0.29) is 0 Å². The van der Waals surface area contributed by atoms with E-state index in [4.69, 9.17) is 0 Å². The average molecular weight is 883 g/mol. The standard InChI is InChI=1S/C23H38N2Si.2C17H24N2/c1-17(2)26(18(3)4,19(5)6)25-14-12-21-11-10-20(16-23(21)25)15-22-9-8-13-24(22)7;1-13(2)19-10-8-15-7-6-14(12-17(15)19)11-16-5-4-9-18(16)3;1-13(2)19-10-8-14-6-7-15(11-17(14)19)16-5-4-9-18(3)12-16/h10-12,14,16-19,22H,8-9,13,15H2,1-7H3;6-8,10,12-13,16H,4-5,9,11H2,1-3H3;6-8,10-11,13,16H,4-5,9,12H2,1-3H3/t22-;16-;/m00./s1. The lowest BCUT2D eigenvalue weighted by molar-refractivity contribution is 0.251. The van der Waals surface area contributed by atoms with E-state index in [0.29, 0.717) is 18.0 Å². The zero-order chi connectivity index (χ0) is 45.9. The van der Waals surface area contributed by atoms with Crippen molar-refractivity contribution in [3.63, 3.8) is 0 Å². The third kappa shape index (κ3) is 10.3. The molecule has 3 atom stereocenters. The first-order valence-corrected chi connectivity index (χ1v) is 27.7. The molecule has 1 unspecified atom stereocenters. The Hall–Kier alpha value is -3.62. The van der Waals surface area contributed by atoms with Gasteiger partial charge in [-0.05, 0) is 218 Å². The largest absolute Gasteiger partial charge is 0.373 e. The summed E-state index contributed by atoms with van der Waals surface area (Å²) < 4.78 is 7.51. The molecule has 0 aliphatic carbocycles. The smallest absolute Gasteiger partial charge is 0.169 e. The molecule has 0 saturated carbocycles. The van der Waals surface area contributed by atoms with Crippen LogP contribution in [-0.4, -0.2) is 95.7 Å². The van der Waals surface area contributed by atoms with Crippen molar-refractivity contribution in [1.29, 1.82) is 0 Å². The van der Waals surface area contributed by atoms with Crippen LogP contribution in [0.4, 0.5) is 0 Å². The highest BCUT2D eigenvalue weighted by Gasteiger charge is 2.45. The fourth-order valence-electron chi connectivity index (χ4n) is 12.6. The number of fused-ring (bicyclic) bond motifs is 3. The molecular weight excluding hydrogens is 797 g/mol. The van der Waals surface area contributed by atoms with Crippen LogP contribution in [0.15, 0.2) is 91.4 Å². The molecule has 3 fully saturated rings. The van der Waals surface area contributed by atoms with Crippen LogP contribution in [0.2, 0.25) is 16.6 Å². The highest BCUT2D eigenvalue weighted by Crippen LogP contribution is 2.44. The van der Waals surface area contributed by atoms with Crippen LogP contribution in [0.1, 0.15) is 142 Å². The normalized spacial score (nSPS) is 20.4. The van der Waals surface area contributed by atoms with Crippen molar-refractivity contribution < 1.29 is 0 Å². The van der Waals surface area contributed by atoms with Gasteiger partial charge in [0.05, 0.1) is 0 Å². The zero-order valence-corrected chi connectivity index (χ0v) is 43.4. The lowest BCUT2D eigenvalue weighted by Crippen LogP contribution is -2.51. The molecule has 6 nitrogen and oxygen atoms in total. The molecule has 6 heterocycles. The molecule has 3 aromatic carbocycles. The van der Waals surface area contributed by atoms with Gasteiger partial charge >= 0.3 is 0 Å². The number of aromatic nitrogens is 3. The quantitative estimate of drug-likeness (QED) is 0.121. The summed E-state index contributed by atoms with van der Waals surface area (Å²) in [4.78, 5) is 7.50. The van der Waals surface area contributed by atoms with Crippen LogP contribution in [0.5, 0.6) is 0 Å². The summed E-state index contributed by atoms with van der Waals surface area (Å²) in [6, 6.07) is 30.5. The second-order valence-electron chi connectivity index (χ2n) is 21.8. The first-order valence-electron chi connectivity index (χ1n) is 25.5. The lowest BCUT2D eigenvalue weighted by atomic mass is 9.90. The maximum atomic E-state index is 2.75. The molecule has 7 heteroatoms. The van der Waals surface area contributed by atoms with Crippen LogP contribution >= 0.6 is 0 Å². The molecule has 3 saturated heterocycles. The second kappa shape index (κ2) is 20.9. The predicted molar refractivity (Wildman–Crippen MR) is 281 cm³/mol. The Labute approximate surface area is 390 Å². The van der Waals surface area contributed by atoms with Gasteiger partial charge in [-0.3, -0.25) is 0 Å². The summed E-state index contributed by atoms with van der Waals surface area (Å²) in [7, 11) is 5.09. The number of benzene rings is 3. The Morgan fingerprint density at radius 3 is 1.42 bits per heavy atom. The number of rotatable bonds is 11. The average Bonchev–Trinajstić information content (AvgIpc) is 4.11. The molecule has 348 valence electrons. The predicted octanol–water partition coefficient (Wildman–Crippen LogP) is 14.2. The van der Waals surface area contributed by atoms with E-state index >= 15 is 0 Å². The maximum Gasteiger partial charge on any atom is 0.169 e. The number of hydrogen-bond donors (Lipinski definition) is 0. The molecule has 0 spiro atoms. The van der Waals surface area contributed by atoms with Crippen molar-refractivity contribution in [1.82, 2.24) is 28.1 Å². The molecule has 3 aromatic heterocycles. The monoisotopic (exact) mass is 883 g/mol. The SMILES string of the molecule is CC(C)[Si](C(C)C)(C(C)C)n1ccc2ccc(C[C@@H]3CCCN3C)cc21.CC(C)n1ccc2ccc(C3CCCN(C)C3)cc21.CC(C)n1ccc2ccc(C[C@@H]3CCCN3C)cc21. The van der Waals surface area contributed by atoms with Gasteiger partial charge in [0.25, 0.3) is 0 Å². The zero-order valence-electron chi connectivity index (χ0n) is 42.4. The van der Waals surface area contributed by atoms with Crippen molar-refractivity contribution in [2.75, 3.05) is 47.3 Å². The Morgan fingerprint density at radius 2 is 0.953 bits per heavy atom.